The summed E-state index contributed by atoms with van der Waals surface area (Å²) in [5.41, 5.74) is -0.908. The van der Waals surface area contributed by atoms with Crippen LogP contribution in [0, 0.1) is 0 Å². The van der Waals surface area contributed by atoms with Gasteiger partial charge >= 0.3 is 11.9 Å². The van der Waals surface area contributed by atoms with E-state index in [1.165, 1.54) is 6.92 Å². The van der Waals surface area contributed by atoms with Crippen LogP contribution < -0.4 is 0 Å². The van der Waals surface area contributed by atoms with E-state index in [2.05, 4.69) is 15.9 Å². The quantitative estimate of drug-likeness (QED) is 0.616. The molecule has 0 bridgehead atoms. The van der Waals surface area contributed by atoms with E-state index < -0.39 is 17.4 Å². The lowest BCUT2D eigenvalue weighted by Crippen LogP contribution is -2.43. The normalized spacial score (nSPS) is 10.9. The number of halogens is 1. The number of rotatable bonds is 5. The number of hydrogen-bond donors (Lipinski definition) is 0. The minimum absolute atomic E-state index is 0.210. The molecule has 1 aromatic rings. The van der Waals surface area contributed by atoms with Gasteiger partial charge in [-0.05, 0) is 38.5 Å². The van der Waals surface area contributed by atoms with Crippen LogP contribution in [0.25, 0.3) is 0 Å². The minimum atomic E-state index is -1.45. The third kappa shape index (κ3) is 3.35. The van der Waals surface area contributed by atoms with E-state index in [1.807, 2.05) is 6.07 Å². The molecule has 0 aliphatic heterocycles. The number of carbonyl (C=O) groups is 2. The van der Waals surface area contributed by atoms with Crippen molar-refractivity contribution < 1.29 is 19.1 Å². The van der Waals surface area contributed by atoms with Crippen LogP contribution in [0.2, 0.25) is 0 Å². The van der Waals surface area contributed by atoms with Crippen molar-refractivity contribution in [1.29, 1.82) is 0 Å². The molecule has 0 fully saturated rings. The van der Waals surface area contributed by atoms with E-state index in [4.69, 9.17) is 9.47 Å². The highest BCUT2D eigenvalue weighted by atomic mass is 79.9. The molecule has 1 rings (SSSR count). The number of hydrogen-bond acceptors (Lipinski definition) is 4. The highest BCUT2D eigenvalue weighted by molar-refractivity contribution is 9.10. The molecule has 0 aliphatic carbocycles. The fraction of sp³-hybridized carbons (Fsp3) is 0.429. The van der Waals surface area contributed by atoms with Crippen molar-refractivity contribution in [2.75, 3.05) is 13.2 Å². The van der Waals surface area contributed by atoms with Crippen LogP contribution in [0.3, 0.4) is 0 Å². The number of benzene rings is 1. The summed E-state index contributed by atoms with van der Waals surface area (Å²) in [4.78, 5) is 24.3. The van der Waals surface area contributed by atoms with Crippen LogP contribution in [-0.2, 0) is 24.5 Å². The summed E-state index contributed by atoms with van der Waals surface area (Å²) in [6, 6.07) is 7.00. The van der Waals surface area contributed by atoms with Crippen LogP contribution in [0.4, 0.5) is 0 Å². The summed E-state index contributed by atoms with van der Waals surface area (Å²) >= 11 is 3.33. The lowest BCUT2D eigenvalue weighted by atomic mass is 9.82. The van der Waals surface area contributed by atoms with Gasteiger partial charge in [-0.15, -0.1) is 0 Å². The summed E-state index contributed by atoms with van der Waals surface area (Å²) < 4.78 is 10.8. The van der Waals surface area contributed by atoms with Crippen molar-refractivity contribution in [3.63, 3.8) is 0 Å². The first-order valence-corrected chi connectivity index (χ1v) is 6.86. The number of carbonyl (C=O) groups excluding carboxylic acids is 2. The van der Waals surface area contributed by atoms with Crippen molar-refractivity contribution in [1.82, 2.24) is 0 Å². The maximum atomic E-state index is 12.2. The zero-order valence-corrected chi connectivity index (χ0v) is 12.8. The average molecular weight is 329 g/mol. The first-order valence-electron chi connectivity index (χ1n) is 6.07. The maximum Gasteiger partial charge on any atom is 0.327 e. The predicted molar refractivity (Wildman–Crippen MR) is 74.8 cm³/mol. The van der Waals surface area contributed by atoms with E-state index in [-0.39, 0.29) is 13.2 Å². The smallest absolute Gasteiger partial charge is 0.327 e. The molecule has 0 unspecified atom stereocenters. The van der Waals surface area contributed by atoms with Crippen LogP contribution in [0.1, 0.15) is 26.3 Å². The molecular weight excluding hydrogens is 312 g/mol. The molecule has 0 saturated carbocycles. The van der Waals surface area contributed by atoms with E-state index >= 15 is 0 Å². The molecule has 0 N–H and O–H groups in total. The third-order valence-corrected chi connectivity index (χ3v) is 3.26. The molecule has 5 heteroatoms. The van der Waals surface area contributed by atoms with E-state index in [0.29, 0.717) is 5.56 Å². The second-order valence-corrected chi connectivity index (χ2v) is 4.99. The monoisotopic (exact) mass is 328 g/mol. The Hall–Kier alpha value is -1.36. The fourth-order valence-electron chi connectivity index (χ4n) is 1.67. The lowest BCUT2D eigenvalue weighted by Gasteiger charge is -2.25. The molecule has 0 spiro atoms. The van der Waals surface area contributed by atoms with Crippen LogP contribution in [-0.4, -0.2) is 25.2 Å². The Labute approximate surface area is 121 Å². The van der Waals surface area contributed by atoms with E-state index in [9.17, 15) is 9.59 Å². The number of esters is 2. The number of ether oxygens (including phenoxy) is 2. The standard InChI is InChI=1S/C14H17BrO4/c1-4-18-12(16)14(3,13(17)19-5-2)10-7-6-8-11(15)9-10/h6-9H,4-5H2,1-3H3. The molecule has 0 heterocycles. The molecule has 0 saturated heterocycles. The molecule has 19 heavy (non-hydrogen) atoms. The summed E-state index contributed by atoms with van der Waals surface area (Å²) in [7, 11) is 0. The van der Waals surface area contributed by atoms with Gasteiger partial charge in [-0.1, -0.05) is 28.1 Å². The molecule has 104 valence electrons. The Morgan fingerprint density at radius 3 is 2.11 bits per heavy atom. The van der Waals surface area contributed by atoms with Crippen molar-refractivity contribution >= 4 is 27.9 Å². The Bertz CT molecular complexity index is 452. The average Bonchev–Trinajstić information content (AvgIpc) is 2.38. The Morgan fingerprint density at radius 2 is 1.68 bits per heavy atom. The van der Waals surface area contributed by atoms with Gasteiger partial charge in [0.1, 0.15) is 0 Å². The molecule has 0 aromatic heterocycles. The van der Waals surface area contributed by atoms with Gasteiger partial charge in [-0.3, -0.25) is 9.59 Å². The second-order valence-electron chi connectivity index (χ2n) is 4.08. The van der Waals surface area contributed by atoms with Crippen molar-refractivity contribution in [2.24, 2.45) is 0 Å². The van der Waals surface area contributed by atoms with Crippen LogP contribution in [0.15, 0.2) is 28.7 Å². The fourth-order valence-corrected chi connectivity index (χ4v) is 2.07. The largest absolute Gasteiger partial charge is 0.465 e. The molecule has 0 aliphatic rings. The van der Waals surface area contributed by atoms with Gasteiger partial charge in [0, 0.05) is 4.47 Å². The Kier molecular flexibility index (Phi) is 5.54. The molecule has 4 nitrogen and oxygen atoms in total. The summed E-state index contributed by atoms with van der Waals surface area (Å²) in [6.45, 7) is 5.34. The van der Waals surface area contributed by atoms with Gasteiger partial charge < -0.3 is 9.47 Å². The van der Waals surface area contributed by atoms with E-state index in [1.54, 1.807) is 32.0 Å². The molecular formula is C14H17BrO4. The summed E-state index contributed by atoms with van der Waals surface area (Å²) in [5, 5.41) is 0. The third-order valence-electron chi connectivity index (χ3n) is 2.77. The summed E-state index contributed by atoms with van der Waals surface area (Å²) in [6.07, 6.45) is 0. The zero-order chi connectivity index (χ0) is 14.5. The van der Waals surface area contributed by atoms with Crippen molar-refractivity contribution in [3.05, 3.63) is 34.3 Å². The van der Waals surface area contributed by atoms with Gasteiger partial charge in [0.2, 0.25) is 0 Å². The highest BCUT2D eigenvalue weighted by Crippen LogP contribution is 2.29. The molecule has 1 aromatic carbocycles. The van der Waals surface area contributed by atoms with E-state index in [0.717, 1.165) is 4.47 Å². The van der Waals surface area contributed by atoms with Crippen molar-refractivity contribution in [3.8, 4) is 0 Å². The maximum absolute atomic E-state index is 12.2. The first-order chi connectivity index (χ1) is 8.96. The molecule has 0 amide bonds. The summed E-state index contributed by atoms with van der Waals surface area (Å²) in [5.74, 6) is -1.21. The van der Waals surface area contributed by atoms with Crippen molar-refractivity contribution in [2.45, 2.75) is 26.2 Å². The zero-order valence-electron chi connectivity index (χ0n) is 11.2. The SMILES string of the molecule is CCOC(=O)C(C)(C(=O)OCC)c1cccc(Br)c1. The topological polar surface area (TPSA) is 52.6 Å². The predicted octanol–water partition coefficient (Wildman–Crippen LogP) is 2.83. The highest BCUT2D eigenvalue weighted by Gasteiger charge is 2.46. The lowest BCUT2D eigenvalue weighted by molar-refractivity contribution is -0.163. The first kappa shape index (κ1) is 15.7. The Morgan fingerprint density at radius 1 is 1.16 bits per heavy atom. The van der Waals surface area contributed by atoms with Gasteiger partial charge in [0.15, 0.2) is 5.41 Å². The van der Waals surface area contributed by atoms with Crippen LogP contribution >= 0.6 is 15.9 Å². The molecule has 0 radical (unpaired) electrons. The molecule has 0 atom stereocenters. The van der Waals surface area contributed by atoms with Gasteiger partial charge in [0.25, 0.3) is 0 Å². The minimum Gasteiger partial charge on any atom is -0.465 e. The Balaban J connectivity index is 3.25. The van der Waals surface area contributed by atoms with Gasteiger partial charge in [-0.25, -0.2) is 0 Å². The van der Waals surface area contributed by atoms with Gasteiger partial charge in [0.05, 0.1) is 13.2 Å². The second kappa shape index (κ2) is 6.70. The van der Waals surface area contributed by atoms with Gasteiger partial charge in [-0.2, -0.15) is 0 Å². The van der Waals surface area contributed by atoms with Crippen LogP contribution in [0.5, 0.6) is 0 Å².